The molecule has 0 saturated heterocycles. The number of carbonyl (C=O) groups is 1. The van der Waals surface area contributed by atoms with E-state index in [0.29, 0.717) is 26.2 Å². The summed E-state index contributed by atoms with van der Waals surface area (Å²) in [5.74, 6) is 1.50. The van der Waals surface area contributed by atoms with Crippen molar-refractivity contribution < 1.29 is 28.1 Å². The molecule has 3 aromatic carbocycles. The summed E-state index contributed by atoms with van der Waals surface area (Å²) in [7, 11) is 1.88. The topological polar surface area (TPSA) is 102 Å². The third-order valence-corrected chi connectivity index (χ3v) is 11.4. The molecule has 1 fully saturated rings. The van der Waals surface area contributed by atoms with Crippen LogP contribution in [0.15, 0.2) is 78.9 Å². The van der Waals surface area contributed by atoms with Crippen LogP contribution in [-0.2, 0) is 24.2 Å². The standard InChI is InChI=1S/C40H54N3O6P/c1-30(2)43(31(3)4)50(48-27-11-26-41)49-29-39(24-22-36(23-25-39)42-32(5)44)28-47-40(33-12-9-8-10-13-33,34-14-18-37(45-6)19-15-34)35-16-20-38(46-7)21-17-35/h8-10,12-21,30-31,36H,11,22-25,27-29H2,1-7H3,(H,42,44). The minimum atomic E-state index is -1.45. The van der Waals surface area contributed by atoms with E-state index in [9.17, 15) is 10.1 Å². The monoisotopic (exact) mass is 703 g/mol. The van der Waals surface area contributed by atoms with Crippen LogP contribution < -0.4 is 14.8 Å². The molecule has 1 aliphatic rings. The normalized spacial score (nSPS) is 18.5. The fraction of sp³-hybridized carbons (Fsp3) is 0.500. The van der Waals surface area contributed by atoms with Crippen LogP contribution in [-0.4, -0.2) is 62.7 Å². The Hall–Kier alpha value is -3.51. The fourth-order valence-electron chi connectivity index (χ4n) is 6.83. The van der Waals surface area contributed by atoms with Gasteiger partial charge in [0.2, 0.25) is 5.91 Å². The first kappa shape index (κ1) is 39.3. The minimum Gasteiger partial charge on any atom is -0.497 e. The quantitative estimate of drug-likeness (QED) is 0.0801. The zero-order valence-corrected chi connectivity index (χ0v) is 31.6. The zero-order valence-electron chi connectivity index (χ0n) is 30.7. The molecule has 0 heterocycles. The second-order valence-corrected chi connectivity index (χ2v) is 15.0. The Labute approximate surface area is 300 Å². The van der Waals surface area contributed by atoms with Crippen molar-refractivity contribution in [3.63, 3.8) is 0 Å². The second kappa shape index (κ2) is 18.6. The molecule has 0 radical (unpaired) electrons. The van der Waals surface area contributed by atoms with Gasteiger partial charge in [0.25, 0.3) is 8.53 Å². The third-order valence-electron chi connectivity index (χ3n) is 9.37. The molecule has 0 aliphatic heterocycles. The summed E-state index contributed by atoms with van der Waals surface area (Å²) >= 11 is 0. The number of hydrogen-bond acceptors (Lipinski definition) is 8. The van der Waals surface area contributed by atoms with Gasteiger partial charge >= 0.3 is 0 Å². The molecule has 50 heavy (non-hydrogen) atoms. The van der Waals surface area contributed by atoms with Gasteiger partial charge in [-0.05, 0) is 94.3 Å². The molecule has 1 saturated carbocycles. The summed E-state index contributed by atoms with van der Waals surface area (Å²) in [6, 6.07) is 29.1. The van der Waals surface area contributed by atoms with E-state index in [4.69, 9.17) is 23.3 Å². The van der Waals surface area contributed by atoms with Gasteiger partial charge < -0.3 is 28.6 Å². The number of benzene rings is 3. The van der Waals surface area contributed by atoms with Gasteiger partial charge in [-0.25, -0.2) is 4.67 Å². The lowest BCUT2D eigenvalue weighted by Crippen LogP contribution is -2.46. The second-order valence-electron chi connectivity index (χ2n) is 13.6. The third kappa shape index (κ3) is 9.84. The van der Waals surface area contributed by atoms with Crippen LogP contribution >= 0.6 is 8.53 Å². The van der Waals surface area contributed by atoms with Gasteiger partial charge in [0, 0.05) is 30.5 Å². The number of nitrogens with one attached hydrogen (secondary N) is 1. The van der Waals surface area contributed by atoms with E-state index in [1.807, 2.05) is 42.5 Å². The van der Waals surface area contributed by atoms with Crippen LogP contribution in [0.3, 0.4) is 0 Å². The van der Waals surface area contributed by atoms with E-state index in [0.717, 1.165) is 53.9 Å². The number of rotatable bonds is 18. The number of methoxy groups -OCH3 is 2. The van der Waals surface area contributed by atoms with Gasteiger partial charge in [-0.2, -0.15) is 5.26 Å². The molecule has 0 spiro atoms. The molecule has 9 nitrogen and oxygen atoms in total. The van der Waals surface area contributed by atoms with Gasteiger partial charge in [0.05, 0.1) is 46.5 Å². The van der Waals surface area contributed by atoms with Gasteiger partial charge in [0.1, 0.15) is 17.1 Å². The predicted molar refractivity (Wildman–Crippen MR) is 198 cm³/mol. The Morgan fingerprint density at radius 1 is 0.860 bits per heavy atom. The number of carbonyl (C=O) groups excluding carboxylic acids is 1. The Balaban J connectivity index is 1.78. The van der Waals surface area contributed by atoms with E-state index in [1.54, 1.807) is 21.1 Å². The summed E-state index contributed by atoms with van der Waals surface area (Å²) in [6.45, 7) is 11.2. The van der Waals surface area contributed by atoms with Crippen molar-refractivity contribution in [3.05, 3.63) is 95.6 Å². The number of nitrogens with zero attached hydrogens (tertiary/aromatic N) is 2. The first-order valence-electron chi connectivity index (χ1n) is 17.5. The smallest absolute Gasteiger partial charge is 0.259 e. The van der Waals surface area contributed by atoms with E-state index >= 15 is 0 Å². The summed E-state index contributed by atoms with van der Waals surface area (Å²) in [5, 5.41) is 12.4. The van der Waals surface area contributed by atoms with Crippen LogP contribution in [0.2, 0.25) is 0 Å². The number of ether oxygens (including phenoxy) is 3. The highest BCUT2D eigenvalue weighted by molar-refractivity contribution is 7.44. The highest BCUT2D eigenvalue weighted by Crippen LogP contribution is 2.50. The summed E-state index contributed by atoms with van der Waals surface area (Å²) in [6.07, 6.45) is 3.49. The number of hydrogen-bond donors (Lipinski definition) is 1. The molecule has 4 rings (SSSR count). The lowest BCUT2D eigenvalue weighted by atomic mass is 9.73. The summed E-state index contributed by atoms with van der Waals surface area (Å²) in [4.78, 5) is 12.0. The van der Waals surface area contributed by atoms with Crippen LogP contribution in [0.1, 0.15) is 83.4 Å². The van der Waals surface area contributed by atoms with Crippen molar-refractivity contribution in [3.8, 4) is 17.6 Å². The molecule has 10 heteroatoms. The van der Waals surface area contributed by atoms with Gasteiger partial charge in [-0.3, -0.25) is 4.79 Å². The van der Waals surface area contributed by atoms with Crippen molar-refractivity contribution in [2.45, 2.75) is 90.4 Å². The lowest BCUT2D eigenvalue weighted by Gasteiger charge is -2.45. The summed E-state index contributed by atoms with van der Waals surface area (Å²) in [5.41, 5.74) is 1.56. The van der Waals surface area contributed by atoms with Crippen LogP contribution in [0.5, 0.6) is 11.5 Å². The van der Waals surface area contributed by atoms with Gasteiger partial charge in [-0.15, -0.1) is 0 Å². The molecule has 1 atom stereocenters. The Bertz CT molecular complexity index is 1450. The molecule has 0 bridgehead atoms. The lowest BCUT2D eigenvalue weighted by molar-refractivity contribution is -0.120. The molecule has 1 aliphatic carbocycles. The molecule has 0 aromatic heterocycles. The SMILES string of the molecule is COc1ccc(C(OCC2(COP(OCCC#N)N(C(C)C)C(C)C)CCC(NC(C)=O)CC2)(c2ccccc2)c2ccc(OC)cc2)cc1. The fourth-order valence-corrected chi connectivity index (χ4v) is 8.56. The van der Waals surface area contributed by atoms with E-state index in [1.165, 1.54) is 0 Å². The Morgan fingerprint density at radius 3 is 1.84 bits per heavy atom. The molecule has 1 N–H and O–H groups in total. The van der Waals surface area contributed by atoms with Crippen LogP contribution in [0, 0.1) is 16.7 Å². The Kier molecular flexibility index (Phi) is 14.6. The molecule has 1 amide bonds. The first-order chi connectivity index (χ1) is 24.1. The number of amides is 1. The maximum atomic E-state index is 12.0. The van der Waals surface area contributed by atoms with Gasteiger partial charge in [0.15, 0.2) is 0 Å². The maximum absolute atomic E-state index is 12.0. The average Bonchev–Trinajstić information content (AvgIpc) is 3.12. The van der Waals surface area contributed by atoms with E-state index in [-0.39, 0.29) is 29.4 Å². The van der Waals surface area contributed by atoms with E-state index < -0.39 is 14.1 Å². The molecule has 270 valence electrons. The van der Waals surface area contributed by atoms with Crippen molar-refractivity contribution in [1.82, 2.24) is 9.99 Å². The minimum absolute atomic E-state index is 0.0176. The van der Waals surface area contributed by atoms with Gasteiger partial charge in [-0.1, -0.05) is 54.6 Å². The first-order valence-corrected chi connectivity index (χ1v) is 18.7. The van der Waals surface area contributed by atoms with Crippen molar-refractivity contribution in [2.24, 2.45) is 5.41 Å². The largest absolute Gasteiger partial charge is 0.497 e. The van der Waals surface area contributed by atoms with Crippen molar-refractivity contribution in [1.29, 1.82) is 5.26 Å². The highest BCUT2D eigenvalue weighted by atomic mass is 31.2. The van der Waals surface area contributed by atoms with Crippen molar-refractivity contribution >= 4 is 14.4 Å². The molecule has 3 aromatic rings. The Morgan fingerprint density at radius 2 is 1.38 bits per heavy atom. The summed E-state index contributed by atoms with van der Waals surface area (Å²) < 4.78 is 33.9. The predicted octanol–water partition coefficient (Wildman–Crippen LogP) is 8.37. The highest BCUT2D eigenvalue weighted by Gasteiger charge is 2.44. The van der Waals surface area contributed by atoms with Crippen LogP contribution in [0.25, 0.3) is 0 Å². The molecular formula is C40H54N3O6P. The van der Waals surface area contributed by atoms with Crippen LogP contribution in [0.4, 0.5) is 0 Å². The number of nitriles is 1. The maximum Gasteiger partial charge on any atom is 0.259 e. The zero-order chi connectivity index (χ0) is 36.1. The average molecular weight is 704 g/mol. The molecular weight excluding hydrogens is 649 g/mol. The molecule has 1 unspecified atom stereocenters. The van der Waals surface area contributed by atoms with Crippen molar-refractivity contribution in [2.75, 3.05) is 34.0 Å². The van der Waals surface area contributed by atoms with E-state index in [2.05, 4.69) is 80.1 Å².